The fourth-order valence-electron chi connectivity index (χ4n) is 8.39. The first-order valence-electron chi connectivity index (χ1n) is 17.7. The fourth-order valence-corrected chi connectivity index (χ4v) is 10.1. The predicted molar refractivity (Wildman–Crippen MR) is 196 cm³/mol. The number of hydrogen-bond donors (Lipinski definition) is 0. The van der Waals surface area contributed by atoms with Crippen LogP contribution >= 0.6 is 11.6 Å². The molecule has 4 aromatic rings. The van der Waals surface area contributed by atoms with Gasteiger partial charge in [0.1, 0.15) is 29.8 Å². The minimum Gasteiger partial charge on any atom is -0.461 e. The van der Waals surface area contributed by atoms with E-state index >= 15 is 4.39 Å². The standard InChI is InChI=1S/C37H40ClF2N7O4S/c1-44(26-12-17-45(22-26)30(48)11-4-15-47-16-6-18-52(47,49)50)35-28-20-41-33(27-9-2-7-24-8-3-10-29(38)31(24)27)32(40)34(28)42-36(43-35)51-23-37-13-5-14-46(37)21-25(39)19-37/h2-4,7-11,20,25-26H,5-6,12-19,21-23H2,1H3/b11-4+/t25-,26?,37+/m1/s1. The van der Waals surface area contributed by atoms with Crippen LogP contribution in [0.25, 0.3) is 32.9 Å². The van der Waals surface area contributed by atoms with Crippen molar-refractivity contribution in [3.8, 4) is 17.3 Å². The minimum atomic E-state index is -3.25. The Morgan fingerprint density at radius 1 is 1.13 bits per heavy atom. The van der Waals surface area contributed by atoms with Crippen LogP contribution in [-0.2, 0) is 14.8 Å². The zero-order valence-electron chi connectivity index (χ0n) is 28.8. The number of nitrogens with zero attached hydrogens (tertiary/aromatic N) is 7. The summed E-state index contributed by atoms with van der Waals surface area (Å²) in [6.07, 6.45) is 6.98. The zero-order valence-corrected chi connectivity index (χ0v) is 30.4. The summed E-state index contributed by atoms with van der Waals surface area (Å²) in [4.78, 5) is 32.9. The third-order valence-corrected chi connectivity index (χ3v) is 13.4. The lowest BCUT2D eigenvalue weighted by Crippen LogP contribution is -2.43. The summed E-state index contributed by atoms with van der Waals surface area (Å²) in [5, 5.41) is 2.37. The van der Waals surface area contributed by atoms with E-state index < -0.39 is 27.6 Å². The van der Waals surface area contributed by atoms with Crippen LogP contribution in [0.3, 0.4) is 0 Å². The van der Waals surface area contributed by atoms with Crippen molar-refractivity contribution in [2.45, 2.75) is 49.9 Å². The molecule has 0 radical (unpaired) electrons. The molecular weight excluding hydrogens is 712 g/mol. The molecule has 3 atom stereocenters. The number of sulfonamides is 1. The maximum Gasteiger partial charge on any atom is 0.319 e. The molecule has 11 nitrogen and oxygen atoms in total. The van der Waals surface area contributed by atoms with Crippen LogP contribution in [0.4, 0.5) is 14.6 Å². The molecule has 4 aliphatic heterocycles. The van der Waals surface area contributed by atoms with Crippen molar-refractivity contribution in [3.63, 3.8) is 0 Å². The maximum atomic E-state index is 16.8. The fraction of sp³-hybridized carbons (Fsp3) is 0.459. The first-order chi connectivity index (χ1) is 25.0. The molecule has 0 spiro atoms. The first kappa shape index (κ1) is 35.1. The summed E-state index contributed by atoms with van der Waals surface area (Å²) in [6.45, 7) is 2.83. The predicted octanol–water partition coefficient (Wildman–Crippen LogP) is 5.22. The van der Waals surface area contributed by atoms with Crippen molar-refractivity contribution >= 4 is 55.0 Å². The summed E-state index contributed by atoms with van der Waals surface area (Å²) < 4.78 is 63.3. The number of halogens is 3. The number of carbonyl (C=O) groups is 1. The van der Waals surface area contributed by atoms with E-state index in [2.05, 4.69) is 14.9 Å². The van der Waals surface area contributed by atoms with E-state index in [1.54, 1.807) is 29.3 Å². The topological polar surface area (TPSA) is 112 Å². The van der Waals surface area contributed by atoms with Crippen molar-refractivity contribution < 1.29 is 26.7 Å². The maximum absolute atomic E-state index is 16.8. The Balaban J connectivity index is 1.11. The van der Waals surface area contributed by atoms with Gasteiger partial charge in [-0.05, 0) is 43.7 Å². The second-order valence-electron chi connectivity index (χ2n) is 14.3. The monoisotopic (exact) mass is 751 g/mol. The Bertz CT molecular complexity index is 2190. The van der Waals surface area contributed by atoms with Gasteiger partial charge in [0.05, 0.1) is 16.7 Å². The number of fused-ring (bicyclic) bond motifs is 3. The van der Waals surface area contributed by atoms with E-state index in [9.17, 15) is 17.6 Å². The number of likely N-dealkylation sites (tertiary alicyclic amines) is 1. The molecule has 2 aromatic carbocycles. The van der Waals surface area contributed by atoms with Gasteiger partial charge in [0, 0.05) is 80.5 Å². The van der Waals surface area contributed by atoms with Crippen LogP contribution in [0.15, 0.2) is 54.7 Å². The second-order valence-corrected chi connectivity index (χ2v) is 16.8. The van der Waals surface area contributed by atoms with Crippen LogP contribution in [0.5, 0.6) is 6.01 Å². The highest BCUT2D eigenvalue weighted by molar-refractivity contribution is 7.89. The molecule has 0 aliphatic carbocycles. The molecule has 1 amide bonds. The number of rotatable bonds is 9. The average molecular weight is 752 g/mol. The summed E-state index contributed by atoms with van der Waals surface area (Å²) in [6, 6.07) is 10.8. The van der Waals surface area contributed by atoms with Gasteiger partial charge in [0.2, 0.25) is 15.9 Å². The van der Waals surface area contributed by atoms with Gasteiger partial charge < -0.3 is 14.5 Å². The molecule has 15 heteroatoms. The number of aromatic nitrogens is 3. The summed E-state index contributed by atoms with van der Waals surface area (Å²) in [5.41, 5.74) is 0.193. The van der Waals surface area contributed by atoms with E-state index in [4.69, 9.17) is 21.3 Å². The number of hydrogen-bond acceptors (Lipinski definition) is 9. The highest BCUT2D eigenvalue weighted by atomic mass is 35.5. The van der Waals surface area contributed by atoms with Crippen molar-refractivity contribution in [3.05, 3.63) is 65.6 Å². The molecule has 2 aromatic heterocycles. The quantitative estimate of drug-likeness (QED) is 0.213. The first-order valence-corrected chi connectivity index (χ1v) is 19.7. The summed E-state index contributed by atoms with van der Waals surface area (Å²) >= 11 is 6.62. The van der Waals surface area contributed by atoms with Crippen LogP contribution in [-0.4, -0.2) is 120 Å². The van der Waals surface area contributed by atoms with E-state index in [0.29, 0.717) is 72.6 Å². The molecule has 0 N–H and O–H groups in total. The number of alkyl halides is 1. The average Bonchev–Trinajstić information content (AvgIpc) is 3.91. The van der Waals surface area contributed by atoms with Gasteiger partial charge in [-0.2, -0.15) is 14.3 Å². The van der Waals surface area contributed by atoms with Crippen LogP contribution < -0.4 is 9.64 Å². The summed E-state index contributed by atoms with van der Waals surface area (Å²) in [5.74, 6) is -0.322. The van der Waals surface area contributed by atoms with Crippen LogP contribution in [0.1, 0.15) is 32.1 Å². The van der Waals surface area contributed by atoms with E-state index in [-0.39, 0.29) is 48.1 Å². The normalized spacial score (nSPS) is 24.8. The van der Waals surface area contributed by atoms with Crippen LogP contribution in [0.2, 0.25) is 5.02 Å². The number of anilines is 1. The molecule has 8 rings (SSSR count). The lowest BCUT2D eigenvalue weighted by molar-refractivity contribution is -0.125. The van der Waals surface area contributed by atoms with Gasteiger partial charge in [-0.15, -0.1) is 0 Å². The highest BCUT2D eigenvalue weighted by Gasteiger charge is 2.49. The Morgan fingerprint density at radius 3 is 2.77 bits per heavy atom. The number of likely N-dealkylation sites (N-methyl/N-ethyl adjacent to an activating group) is 1. The molecule has 0 bridgehead atoms. The Morgan fingerprint density at radius 2 is 1.96 bits per heavy atom. The number of amides is 1. The van der Waals surface area contributed by atoms with Gasteiger partial charge in [-0.25, -0.2) is 17.2 Å². The van der Waals surface area contributed by atoms with E-state index in [1.807, 2.05) is 36.2 Å². The number of ether oxygens (including phenoxy) is 1. The Hall–Kier alpha value is -3.98. The SMILES string of the molecule is CN(c1nc(OC[C@@]23CCCN2C[C@H](F)C3)nc2c(F)c(-c3cccc4cccc(Cl)c34)ncc12)C1CCN(C(=O)/C=C/CN2CCCS2(=O)=O)C1. The zero-order chi connectivity index (χ0) is 36.2. The molecule has 4 aliphatic rings. The molecule has 4 saturated heterocycles. The van der Waals surface area contributed by atoms with Gasteiger partial charge in [-0.1, -0.05) is 48.0 Å². The van der Waals surface area contributed by atoms with Crippen molar-refractivity contribution in [1.82, 2.24) is 29.1 Å². The largest absolute Gasteiger partial charge is 0.461 e. The number of pyridine rings is 1. The molecule has 6 heterocycles. The van der Waals surface area contributed by atoms with Gasteiger partial charge in [0.15, 0.2) is 5.82 Å². The Labute approximate surface area is 306 Å². The summed E-state index contributed by atoms with van der Waals surface area (Å²) in [7, 11) is -1.41. The van der Waals surface area contributed by atoms with Gasteiger partial charge >= 0.3 is 6.01 Å². The van der Waals surface area contributed by atoms with Crippen LogP contribution in [0, 0.1) is 5.82 Å². The highest BCUT2D eigenvalue weighted by Crippen LogP contribution is 2.41. The molecule has 274 valence electrons. The molecule has 52 heavy (non-hydrogen) atoms. The molecule has 4 fully saturated rings. The second kappa shape index (κ2) is 13.8. The lowest BCUT2D eigenvalue weighted by atomic mass is 9.95. The third kappa shape index (κ3) is 6.37. The van der Waals surface area contributed by atoms with E-state index in [1.165, 1.54) is 10.4 Å². The lowest BCUT2D eigenvalue weighted by Gasteiger charge is -2.31. The smallest absolute Gasteiger partial charge is 0.319 e. The Kier molecular flexibility index (Phi) is 9.29. The molecular formula is C37H40ClF2N7O4S. The van der Waals surface area contributed by atoms with Gasteiger partial charge in [-0.3, -0.25) is 14.7 Å². The minimum absolute atomic E-state index is 0.0180. The third-order valence-electron chi connectivity index (χ3n) is 11.1. The number of carbonyl (C=O) groups excluding carboxylic acids is 1. The van der Waals surface area contributed by atoms with E-state index in [0.717, 1.165) is 24.8 Å². The van der Waals surface area contributed by atoms with Crippen molar-refractivity contribution in [1.29, 1.82) is 0 Å². The number of benzene rings is 2. The van der Waals surface area contributed by atoms with Crippen molar-refractivity contribution in [2.24, 2.45) is 0 Å². The molecule has 1 unspecified atom stereocenters. The molecule has 0 saturated carbocycles. The van der Waals surface area contributed by atoms with Gasteiger partial charge in [0.25, 0.3) is 0 Å². The van der Waals surface area contributed by atoms with Crippen molar-refractivity contribution in [2.75, 3.05) is 63.6 Å².